The van der Waals surface area contributed by atoms with Crippen molar-refractivity contribution in [2.24, 2.45) is 29.1 Å². The summed E-state index contributed by atoms with van der Waals surface area (Å²) in [6.45, 7) is 10.5. The van der Waals surface area contributed by atoms with Gasteiger partial charge in [0.05, 0.1) is 6.10 Å². The van der Waals surface area contributed by atoms with Crippen LogP contribution in [0, 0.1) is 29.1 Å². The molecule has 0 spiro atoms. The zero-order valence-electron chi connectivity index (χ0n) is 20.9. The van der Waals surface area contributed by atoms with Crippen LogP contribution in [0.5, 0.6) is 0 Å². The highest BCUT2D eigenvalue weighted by Gasteiger charge is 2.54. The maximum atomic E-state index is 6.64. The van der Waals surface area contributed by atoms with Crippen molar-refractivity contribution in [2.75, 3.05) is 47.1 Å². The summed E-state index contributed by atoms with van der Waals surface area (Å²) in [5.41, 5.74) is 0.790. The predicted molar refractivity (Wildman–Crippen MR) is 126 cm³/mol. The minimum absolute atomic E-state index is 0.344. The van der Waals surface area contributed by atoms with Crippen molar-refractivity contribution in [2.45, 2.75) is 96.1 Å². The Morgan fingerprint density at radius 2 is 1.23 bits per heavy atom. The Balaban J connectivity index is 1.24. The van der Waals surface area contributed by atoms with Gasteiger partial charge in [-0.15, -0.1) is 0 Å². The van der Waals surface area contributed by atoms with E-state index in [1.165, 1.54) is 83.7 Å². The molecule has 0 N–H and O–H groups in total. The molecule has 4 rings (SSSR count). The highest BCUT2D eigenvalue weighted by atomic mass is 16.5. The fourth-order valence-corrected chi connectivity index (χ4v) is 7.79. The van der Waals surface area contributed by atoms with E-state index in [1.807, 2.05) is 14.2 Å². The highest BCUT2D eigenvalue weighted by Crippen LogP contribution is 2.52. The number of ether oxygens (including phenoxy) is 3. The van der Waals surface area contributed by atoms with Crippen molar-refractivity contribution < 1.29 is 14.2 Å². The maximum Gasteiger partial charge on any atom is 0.0598 e. The van der Waals surface area contributed by atoms with Crippen LogP contribution in [-0.4, -0.2) is 63.7 Å². The molecule has 1 saturated heterocycles. The SMILES string of the molecule is COCC1CCC(COC2CC3(C)CN(CC4CCC(COC)CC4)C(C)(C2)C3)CC1. The van der Waals surface area contributed by atoms with Crippen LogP contribution in [0.2, 0.25) is 0 Å². The summed E-state index contributed by atoms with van der Waals surface area (Å²) in [5.74, 6) is 3.23. The summed E-state index contributed by atoms with van der Waals surface area (Å²) in [5, 5.41) is 0. The van der Waals surface area contributed by atoms with Crippen LogP contribution in [0.3, 0.4) is 0 Å². The third kappa shape index (κ3) is 6.05. The van der Waals surface area contributed by atoms with Crippen molar-refractivity contribution >= 4 is 0 Å². The predicted octanol–water partition coefficient (Wildman–Crippen LogP) is 5.54. The molecule has 4 aliphatic rings. The summed E-state index contributed by atoms with van der Waals surface area (Å²) in [6, 6.07) is 0. The second-order valence-corrected chi connectivity index (χ2v) is 12.4. The molecule has 31 heavy (non-hydrogen) atoms. The van der Waals surface area contributed by atoms with Crippen molar-refractivity contribution in [3.8, 4) is 0 Å². The van der Waals surface area contributed by atoms with Crippen LogP contribution in [0.15, 0.2) is 0 Å². The van der Waals surface area contributed by atoms with Crippen LogP contribution < -0.4 is 0 Å². The molecule has 0 aromatic carbocycles. The Kier molecular flexibility index (Phi) is 8.05. The second-order valence-electron chi connectivity index (χ2n) is 12.4. The largest absolute Gasteiger partial charge is 0.384 e. The van der Waals surface area contributed by atoms with Crippen LogP contribution in [0.1, 0.15) is 84.5 Å². The molecular weight excluding hydrogens is 386 g/mol. The van der Waals surface area contributed by atoms with Crippen LogP contribution in [-0.2, 0) is 14.2 Å². The summed E-state index contributed by atoms with van der Waals surface area (Å²) < 4.78 is 17.4. The summed E-state index contributed by atoms with van der Waals surface area (Å²) in [7, 11) is 3.69. The van der Waals surface area contributed by atoms with E-state index >= 15 is 0 Å². The quantitative estimate of drug-likeness (QED) is 0.476. The van der Waals surface area contributed by atoms with Gasteiger partial charge in [-0.3, -0.25) is 4.90 Å². The molecule has 3 unspecified atom stereocenters. The van der Waals surface area contributed by atoms with Gasteiger partial charge in [0.15, 0.2) is 0 Å². The lowest BCUT2D eigenvalue weighted by Gasteiger charge is -2.43. The van der Waals surface area contributed by atoms with Gasteiger partial charge in [-0.05, 0) is 107 Å². The van der Waals surface area contributed by atoms with E-state index in [1.54, 1.807) is 0 Å². The summed E-state index contributed by atoms with van der Waals surface area (Å²) >= 11 is 0. The van der Waals surface area contributed by atoms with Gasteiger partial charge in [-0.1, -0.05) is 6.92 Å². The Morgan fingerprint density at radius 3 is 1.77 bits per heavy atom. The molecular formula is C27H49NO3. The van der Waals surface area contributed by atoms with Gasteiger partial charge >= 0.3 is 0 Å². The fourth-order valence-electron chi connectivity index (χ4n) is 7.79. The lowest BCUT2D eigenvalue weighted by atomic mass is 9.70. The minimum Gasteiger partial charge on any atom is -0.384 e. The van der Waals surface area contributed by atoms with Crippen LogP contribution >= 0.6 is 0 Å². The van der Waals surface area contributed by atoms with E-state index in [9.17, 15) is 0 Å². The molecule has 1 aliphatic heterocycles. The van der Waals surface area contributed by atoms with Gasteiger partial charge in [0.25, 0.3) is 0 Å². The molecule has 3 saturated carbocycles. The average molecular weight is 436 g/mol. The van der Waals surface area contributed by atoms with E-state index in [4.69, 9.17) is 14.2 Å². The lowest BCUT2D eigenvalue weighted by molar-refractivity contribution is -0.0446. The van der Waals surface area contributed by atoms with Crippen molar-refractivity contribution in [3.05, 3.63) is 0 Å². The number of hydrogen-bond donors (Lipinski definition) is 0. The van der Waals surface area contributed by atoms with Crippen molar-refractivity contribution in [3.63, 3.8) is 0 Å². The number of fused-ring (bicyclic) bond motifs is 2. The summed E-state index contributed by atoms with van der Waals surface area (Å²) in [4.78, 5) is 2.88. The van der Waals surface area contributed by atoms with Gasteiger partial charge in [-0.2, -0.15) is 0 Å². The van der Waals surface area contributed by atoms with Gasteiger partial charge < -0.3 is 14.2 Å². The minimum atomic E-state index is 0.344. The molecule has 0 aromatic rings. The second kappa shape index (κ2) is 10.4. The van der Waals surface area contributed by atoms with Gasteiger partial charge in [-0.25, -0.2) is 0 Å². The van der Waals surface area contributed by atoms with E-state index < -0.39 is 0 Å². The van der Waals surface area contributed by atoms with Crippen molar-refractivity contribution in [1.82, 2.24) is 4.90 Å². The molecule has 0 amide bonds. The first-order valence-corrected chi connectivity index (χ1v) is 13.3. The van der Waals surface area contributed by atoms with E-state index in [2.05, 4.69) is 18.7 Å². The molecule has 180 valence electrons. The van der Waals surface area contributed by atoms with Crippen LogP contribution in [0.25, 0.3) is 0 Å². The molecule has 3 atom stereocenters. The monoisotopic (exact) mass is 435 g/mol. The number of rotatable bonds is 9. The summed E-state index contributed by atoms with van der Waals surface area (Å²) in [6.07, 6.45) is 15.1. The first-order chi connectivity index (χ1) is 14.9. The number of likely N-dealkylation sites (tertiary alicyclic amines) is 1. The standard InChI is InChI=1S/C27H49NO3/c1-26-13-25(31-18-24-11-9-23(10-12-24)17-30-4)14-27(2,19-26)28(20-26)15-21-5-7-22(8-6-21)16-29-3/h21-25H,5-20H2,1-4H3. The Labute approximate surface area is 191 Å². The van der Waals surface area contributed by atoms with Crippen molar-refractivity contribution in [1.29, 1.82) is 0 Å². The van der Waals surface area contributed by atoms with E-state index in [-0.39, 0.29) is 0 Å². The molecule has 4 fully saturated rings. The molecule has 1 heterocycles. The molecule has 0 aromatic heterocycles. The van der Waals surface area contributed by atoms with Gasteiger partial charge in [0.2, 0.25) is 0 Å². The fraction of sp³-hybridized carbons (Fsp3) is 1.00. The Hall–Kier alpha value is -0.160. The first kappa shape index (κ1) is 24.0. The third-order valence-corrected chi connectivity index (χ3v) is 9.32. The van der Waals surface area contributed by atoms with E-state index in [0.29, 0.717) is 17.1 Å². The molecule has 2 bridgehead atoms. The zero-order valence-corrected chi connectivity index (χ0v) is 20.9. The van der Waals surface area contributed by atoms with Gasteiger partial charge in [0, 0.05) is 52.7 Å². The normalized spacial score (nSPS) is 43.9. The molecule has 0 radical (unpaired) electrons. The lowest BCUT2D eigenvalue weighted by Crippen LogP contribution is -2.47. The number of nitrogens with zero attached hydrogens (tertiary/aromatic N) is 1. The third-order valence-electron chi connectivity index (χ3n) is 9.32. The van der Waals surface area contributed by atoms with Gasteiger partial charge in [0.1, 0.15) is 0 Å². The molecule has 4 nitrogen and oxygen atoms in total. The Bertz CT molecular complexity index is 555. The van der Waals surface area contributed by atoms with Crippen LogP contribution in [0.4, 0.5) is 0 Å². The average Bonchev–Trinajstić information content (AvgIpc) is 2.92. The molecule has 4 heteroatoms. The molecule has 3 aliphatic carbocycles. The smallest absolute Gasteiger partial charge is 0.0598 e. The Morgan fingerprint density at radius 1 is 0.710 bits per heavy atom. The maximum absolute atomic E-state index is 6.64. The number of hydrogen-bond acceptors (Lipinski definition) is 4. The first-order valence-electron chi connectivity index (χ1n) is 13.3. The van der Waals surface area contributed by atoms with E-state index in [0.717, 1.165) is 43.5 Å². The zero-order chi connectivity index (χ0) is 21.9. The highest BCUT2D eigenvalue weighted by molar-refractivity contribution is 5.08. The number of methoxy groups -OCH3 is 2. The topological polar surface area (TPSA) is 30.9 Å².